The summed E-state index contributed by atoms with van der Waals surface area (Å²) in [6.45, 7) is 0. The second-order valence-electron chi connectivity index (χ2n) is 8.14. The fraction of sp³-hybridized carbons (Fsp3) is 0.250. The zero-order valence-electron chi connectivity index (χ0n) is 18.2. The van der Waals surface area contributed by atoms with Gasteiger partial charge in [-0.05, 0) is 31.1 Å². The van der Waals surface area contributed by atoms with Crippen LogP contribution in [0, 0.1) is 21.4 Å². The number of amides is 1. The van der Waals surface area contributed by atoms with Gasteiger partial charge in [0, 0.05) is 35.3 Å². The molecule has 2 aromatic carbocycles. The fourth-order valence-corrected chi connectivity index (χ4v) is 5.59. The predicted octanol–water partition coefficient (Wildman–Crippen LogP) is 4.14. The molecule has 1 fully saturated rings. The molecule has 10 heteroatoms. The lowest BCUT2D eigenvalue weighted by molar-refractivity contribution is -0.385. The van der Waals surface area contributed by atoms with Gasteiger partial charge in [0.2, 0.25) is 0 Å². The fourth-order valence-electron chi connectivity index (χ4n) is 4.17. The normalized spacial score (nSPS) is 15.1. The largest absolute Gasteiger partial charge is 0.349 e. The third kappa shape index (κ3) is 4.56. The van der Waals surface area contributed by atoms with Crippen LogP contribution in [0.2, 0.25) is 0 Å². The van der Waals surface area contributed by atoms with E-state index in [2.05, 4.69) is 5.32 Å². The second-order valence-corrected chi connectivity index (χ2v) is 9.95. The summed E-state index contributed by atoms with van der Waals surface area (Å²) in [5.41, 5.74) is 0.232. The van der Waals surface area contributed by atoms with Gasteiger partial charge in [-0.25, -0.2) is 12.4 Å². The number of nitro benzene ring substituents is 1. The standard InChI is InChI=1S/C24H22N4O5S/c25-15-17(24(29)26-19-7-2-1-3-8-19)13-18-16-27(23-12-5-4-11-22(18)23)34(32,33)21-10-6-9-20(14-21)28(30)31/h4-6,9-14,16,19H,1-3,7-8H2,(H,26,29)/b17-13+. The minimum atomic E-state index is -4.19. The summed E-state index contributed by atoms with van der Waals surface area (Å²) in [6, 6.07) is 13.4. The number of non-ortho nitro benzene ring substituents is 1. The van der Waals surface area contributed by atoms with E-state index in [1.807, 2.05) is 6.07 Å². The number of hydrogen-bond acceptors (Lipinski definition) is 6. The van der Waals surface area contributed by atoms with Gasteiger partial charge in [0.1, 0.15) is 11.6 Å². The maximum Gasteiger partial charge on any atom is 0.270 e. The molecule has 0 radical (unpaired) electrons. The third-order valence-corrected chi connectivity index (χ3v) is 7.57. The van der Waals surface area contributed by atoms with Crippen molar-refractivity contribution in [3.05, 3.63) is 76.0 Å². The van der Waals surface area contributed by atoms with Crippen LogP contribution in [-0.2, 0) is 14.8 Å². The van der Waals surface area contributed by atoms with Gasteiger partial charge >= 0.3 is 0 Å². The van der Waals surface area contributed by atoms with Crippen LogP contribution in [0.4, 0.5) is 5.69 Å². The van der Waals surface area contributed by atoms with Crippen LogP contribution in [0.3, 0.4) is 0 Å². The quantitative estimate of drug-likeness (QED) is 0.245. The van der Waals surface area contributed by atoms with Gasteiger partial charge in [-0.1, -0.05) is 43.5 Å². The van der Waals surface area contributed by atoms with E-state index in [1.54, 1.807) is 24.3 Å². The van der Waals surface area contributed by atoms with Crippen molar-refractivity contribution < 1.29 is 18.1 Å². The molecule has 1 saturated carbocycles. The van der Waals surface area contributed by atoms with Crippen molar-refractivity contribution in [3.8, 4) is 6.07 Å². The number of benzene rings is 2. The molecule has 1 N–H and O–H groups in total. The van der Waals surface area contributed by atoms with Crippen LogP contribution >= 0.6 is 0 Å². The van der Waals surface area contributed by atoms with Crippen molar-refractivity contribution in [1.29, 1.82) is 5.26 Å². The molecule has 34 heavy (non-hydrogen) atoms. The highest BCUT2D eigenvalue weighted by Gasteiger charge is 2.24. The van der Waals surface area contributed by atoms with Crippen molar-refractivity contribution in [2.75, 3.05) is 0 Å². The predicted molar refractivity (Wildman–Crippen MR) is 126 cm³/mol. The molecule has 3 aromatic rings. The Bertz CT molecular complexity index is 1440. The molecule has 0 unspecified atom stereocenters. The number of rotatable bonds is 6. The van der Waals surface area contributed by atoms with Crippen LogP contribution in [0.1, 0.15) is 37.7 Å². The average molecular weight is 479 g/mol. The minimum absolute atomic E-state index is 0.0218. The molecule has 0 aliphatic heterocycles. The van der Waals surface area contributed by atoms with Crippen molar-refractivity contribution >= 4 is 38.6 Å². The Morgan fingerprint density at radius 1 is 1.15 bits per heavy atom. The van der Waals surface area contributed by atoms with Crippen molar-refractivity contribution in [3.63, 3.8) is 0 Å². The Balaban J connectivity index is 1.76. The van der Waals surface area contributed by atoms with Gasteiger partial charge in [-0.3, -0.25) is 14.9 Å². The molecule has 0 atom stereocenters. The number of hydrogen-bond donors (Lipinski definition) is 1. The number of nitrogens with one attached hydrogen (secondary N) is 1. The smallest absolute Gasteiger partial charge is 0.270 e. The Labute approximate surface area is 196 Å². The monoisotopic (exact) mass is 478 g/mol. The highest BCUT2D eigenvalue weighted by molar-refractivity contribution is 7.90. The zero-order valence-corrected chi connectivity index (χ0v) is 19.0. The highest BCUT2D eigenvalue weighted by Crippen LogP contribution is 2.29. The Morgan fingerprint density at radius 3 is 2.59 bits per heavy atom. The van der Waals surface area contributed by atoms with Crippen LogP contribution in [-0.4, -0.2) is 29.3 Å². The number of fused-ring (bicyclic) bond motifs is 1. The van der Waals surface area contributed by atoms with Crippen molar-refractivity contribution in [2.45, 2.75) is 43.0 Å². The van der Waals surface area contributed by atoms with E-state index in [0.29, 0.717) is 16.5 Å². The molecule has 1 amide bonds. The van der Waals surface area contributed by atoms with E-state index in [4.69, 9.17) is 0 Å². The van der Waals surface area contributed by atoms with Gasteiger partial charge < -0.3 is 5.32 Å². The first kappa shape index (κ1) is 23.2. The first-order valence-corrected chi connectivity index (χ1v) is 12.3. The summed E-state index contributed by atoms with van der Waals surface area (Å²) < 4.78 is 27.7. The number of nitrogens with zero attached hydrogens (tertiary/aromatic N) is 3. The lowest BCUT2D eigenvalue weighted by atomic mass is 9.95. The number of nitro groups is 1. The van der Waals surface area contributed by atoms with Gasteiger partial charge in [-0.2, -0.15) is 5.26 Å². The zero-order chi connectivity index (χ0) is 24.3. The summed E-state index contributed by atoms with van der Waals surface area (Å²) >= 11 is 0. The van der Waals surface area contributed by atoms with Crippen LogP contribution in [0.25, 0.3) is 17.0 Å². The number of para-hydroxylation sites is 1. The molecule has 9 nitrogen and oxygen atoms in total. The summed E-state index contributed by atoms with van der Waals surface area (Å²) in [5, 5.41) is 24.2. The molecule has 1 heterocycles. The van der Waals surface area contributed by atoms with Crippen LogP contribution in [0.5, 0.6) is 0 Å². The van der Waals surface area contributed by atoms with Gasteiger partial charge in [-0.15, -0.1) is 0 Å². The summed E-state index contributed by atoms with van der Waals surface area (Å²) in [7, 11) is -4.19. The topological polar surface area (TPSA) is 135 Å². The molecule has 1 aliphatic rings. The molecule has 0 saturated heterocycles. The SMILES string of the molecule is N#C/C(=C\c1cn(S(=O)(=O)c2cccc([N+](=O)[O-])c2)c2ccccc12)C(=O)NC1CCCCC1. The number of carbonyl (C=O) groups is 1. The molecular weight excluding hydrogens is 456 g/mol. The lowest BCUT2D eigenvalue weighted by Gasteiger charge is -2.22. The first-order chi connectivity index (χ1) is 16.3. The van der Waals surface area contributed by atoms with Gasteiger partial charge in [0.25, 0.3) is 21.6 Å². The molecule has 1 aromatic heterocycles. The number of carbonyl (C=O) groups excluding carboxylic acids is 1. The maximum absolute atomic E-state index is 13.4. The number of aromatic nitrogens is 1. The van der Waals surface area contributed by atoms with Crippen molar-refractivity contribution in [2.24, 2.45) is 0 Å². The Kier molecular flexibility index (Phi) is 6.47. The second kappa shape index (κ2) is 9.49. The first-order valence-electron chi connectivity index (χ1n) is 10.8. The number of nitriles is 1. The van der Waals surface area contributed by atoms with Crippen LogP contribution < -0.4 is 5.32 Å². The third-order valence-electron chi connectivity index (χ3n) is 5.90. The molecule has 4 rings (SSSR count). The van der Waals surface area contributed by atoms with E-state index in [-0.39, 0.29) is 22.2 Å². The van der Waals surface area contributed by atoms with E-state index in [0.717, 1.165) is 42.1 Å². The van der Waals surface area contributed by atoms with Crippen LogP contribution in [0.15, 0.2) is 65.2 Å². The molecule has 0 bridgehead atoms. The molecule has 174 valence electrons. The van der Waals surface area contributed by atoms with Crippen molar-refractivity contribution in [1.82, 2.24) is 9.29 Å². The molecular formula is C24H22N4O5S. The maximum atomic E-state index is 13.4. The lowest BCUT2D eigenvalue weighted by Crippen LogP contribution is -2.36. The summed E-state index contributed by atoms with van der Waals surface area (Å²) in [4.78, 5) is 22.9. The summed E-state index contributed by atoms with van der Waals surface area (Å²) in [5.74, 6) is -0.493. The minimum Gasteiger partial charge on any atom is -0.349 e. The van der Waals surface area contributed by atoms with E-state index >= 15 is 0 Å². The Hall–Kier alpha value is -3.97. The molecule has 0 spiro atoms. The van der Waals surface area contributed by atoms with E-state index in [9.17, 15) is 28.6 Å². The summed E-state index contributed by atoms with van der Waals surface area (Å²) in [6.07, 6.45) is 7.62. The van der Waals surface area contributed by atoms with E-state index in [1.165, 1.54) is 30.5 Å². The molecule has 1 aliphatic carbocycles. The van der Waals surface area contributed by atoms with E-state index < -0.39 is 20.9 Å². The van der Waals surface area contributed by atoms with Gasteiger partial charge in [0.15, 0.2) is 0 Å². The Morgan fingerprint density at radius 2 is 1.88 bits per heavy atom. The highest BCUT2D eigenvalue weighted by atomic mass is 32.2. The van der Waals surface area contributed by atoms with Gasteiger partial charge in [0.05, 0.1) is 15.3 Å². The average Bonchev–Trinajstić information content (AvgIpc) is 3.22.